The van der Waals surface area contributed by atoms with Crippen LogP contribution >= 0.6 is 23.1 Å². The minimum absolute atomic E-state index is 0.125. The number of pyridine rings is 2. The zero-order valence-corrected chi connectivity index (χ0v) is 20.3. The second-order valence-electron chi connectivity index (χ2n) is 8.52. The number of thiophene rings is 1. The lowest BCUT2D eigenvalue weighted by molar-refractivity contribution is -0.113. The summed E-state index contributed by atoms with van der Waals surface area (Å²) in [7, 11) is 0. The first-order chi connectivity index (χ1) is 16.7. The molecule has 0 aliphatic heterocycles. The molecule has 1 N–H and O–H groups in total. The maximum absolute atomic E-state index is 12.9. The number of nitriles is 2. The maximum atomic E-state index is 12.9. The van der Waals surface area contributed by atoms with Crippen molar-refractivity contribution in [3.8, 4) is 23.3 Å². The van der Waals surface area contributed by atoms with E-state index in [0.717, 1.165) is 79.3 Å². The Bertz CT molecular complexity index is 1330. The van der Waals surface area contributed by atoms with Gasteiger partial charge in [-0.3, -0.25) is 9.78 Å². The molecule has 3 aromatic rings. The molecule has 3 aromatic heterocycles. The Morgan fingerprint density at radius 1 is 1.06 bits per heavy atom. The van der Waals surface area contributed by atoms with Gasteiger partial charge in [0, 0.05) is 34.1 Å². The van der Waals surface area contributed by atoms with Gasteiger partial charge in [0.25, 0.3) is 0 Å². The van der Waals surface area contributed by atoms with Gasteiger partial charge < -0.3 is 5.32 Å². The van der Waals surface area contributed by atoms with Crippen molar-refractivity contribution in [2.45, 2.75) is 56.4 Å². The number of nitrogens with zero attached hydrogens (tertiary/aromatic N) is 4. The molecular formula is C26H23N5OS2. The summed E-state index contributed by atoms with van der Waals surface area (Å²) < 4.78 is 0. The highest BCUT2D eigenvalue weighted by Gasteiger charge is 2.25. The molecule has 0 aromatic carbocycles. The number of aromatic nitrogens is 2. The molecule has 8 heteroatoms. The van der Waals surface area contributed by atoms with E-state index in [9.17, 15) is 15.3 Å². The topological polar surface area (TPSA) is 102 Å². The van der Waals surface area contributed by atoms with E-state index in [4.69, 9.17) is 4.98 Å². The predicted molar refractivity (Wildman–Crippen MR) is 134 cm³/mol. The largest absolute Gasteiger partial charge is 0.316 e. The Labute approximate surface area is 207 Å². The van der Waals surface area contributed by atoms with Crippen molar-refractivity contribution in [1.29, 1.82) is 10.5 Å². The highest BCUT2D eigenvalue weighted by molar-refractivity contribution is 8.00. The van der Waals surface area contributed by atoms with Gasteiger partial charge in [0.1, 0.15) is 22.2 Å². The molecule has 6 nitrogen and oxygen atoms in total. The van der Waals surface area contributed by atoms with E-state index in [0.29, 0.717) is 21.2 Å². The summed E-state index contributed by atoms with van der Waals surface area (Å²) in [5.74, 6) is -0.0631. The van der Waals surface area contributed by atoms with E-state index < -0.39 is 0 Å². The van der Waals surface area contributed by atoms with Gasteiger partial charge in [-0.05, 0) is 68.6 Å². The Hall–Kier alpha value is -3.20. The number of hydrogen-bond acceptors (Lipinski definition) is 7. The first kappa shape index (κ1) is 22.6. The summed E-state index contributed by atoms with van der Waals surface area (Å²) in [6, 6.07) is 8.49. The van der Waals surface area contributed by atoms with E-state index in [-0.39, 0.29) is 11.7 Å². The molecule has 0 fully saturated rings. The Kier molecular flexibility index (Phi) is 6.62. The first-order valence-electron chi connectivity index (χ1n) is 11.5. The third kappa shape index (κ3) is 4.32. The predicted octanol–water partition coefficient (Wildman–Crippen LogP) is 5.44. The number of amides is 1. The van der Waals surface area contributed by atoms with Crippen LogP contribution in [0.25, 0.3) is 11.1 Å². The molecule has 0 saturated heterocycles. The highest BCUT2D eigenvalue weighted by Crippen LogP contribution is 2.39. The van der Waals surface area contributed by atoms with E-state index in [1.54, 1.807) is 12.4 Å². The number of hydrogen-bond donors (Lipinski definition) is 1. The standard InChI is InChI=1S/C26H23N5OS2/c27-12-19-17-7-2-4-10-22(17)34-26(19)31-23(32)15-33-25-20(13-28)24(16-6-5-11-29-14-16)18-8-1-3-9-21(18)30-25/h5-6,11,14H,1-4,7-10,15H2,(H,31,32). The number of fused-ring (bicyclic) bond motifs is 2. The lowest BCUT2D eigenvalue weighted by atomic mass is 9.87. The second kappa shape index (κ2) is 9.97. The number of carbonyl (C=O) groups excluding carboxylic acids is 1. The minimum atomic E-state index is -0.188. The molecule has 34 heavy (non-hydrogen) atoms. The summed E-state index contributed by atoms with van der Waals surface area (Å²) in [4.78, 5) is 23.2. The minimum Gasteiger partial charge on any atom is -0.316 e. The van der Waals surface area contributed by atoms with E-state index >= 15 is 0 Å². The number of carbonyl (C=O) groups is 1. The van der Waals surface area contributed by atoms with Crippen molar-refractivity contribution in [3.05, 3.63) is 57.4 Å². The molecule has 0 saturated carbocycles. The molecular weight excluding hydrogens is 462 g/mol. The van der Waals surface area contributed by atoms with Crippen LogP contribution < -0.4 is 5.32 Å². The molecule has 0 radical (unpaired) electrons. The van der Waals surface area contributed by atoms with Gasteiger partial charge in [0.2, 0.25) is 5.91 Å². The summed E-state index contributed by atoms with van der Waals surface area (Å²) in [6.07, 6.45) is 11.5. The fraction of sp³-hybridized carbons (Fsp3) is 0.346. The van der Waals surface area contributed by atoms with Crippen molar-refractivity contribution in [2.75, 3.05) is 11.1 Å². The second-order valence-corrected chi connectivity index (χ2v) is 10.6. The van der Waals surface area contributed by atoms with Crippen LogP contribution in [-0.4, -0.2) is 21.6 Å². The Morgan fingerprint density at radius 3 is 2.59 bits per heavy atom. The quantitative estimate of drug-likeness (QED) is 0.483. The van der Waals surface area contributed by atoms with Gasteiger partial charge >= 0.3 is 0 Å². The number of nitrogens with one attached hydrogen (secondary N) is 1. The molecule has 1 amide bonds. The van der Waals surface area contributed by atoms with Crippen molar-refractivity contribution in [2.24, 2.45) is 0 Å². The average molecular weight is 486 g/mol. The molecule has 0 unspecified atom stereocenters. The third-order valence-corrected chi connectivity index (χ3v) is 8.56. The van der Waals surface area contributed by atoms with Crippen LogP contribution in [0.5, 0.6) is 0 Å². The summed E-state index contributed by atoms with van der Waals surface area (Å²) in [5, 5.41) is 23.9. The van der Waals surface area contributed by atoms with Crippen molar-refractivity contribution in [1.82, 2.24) is 9.97 Å². The molecule has 0 spiro atoms. The van der Waals surface area contributed by atoms with Crippen molar-refractivity contribution in [3.63, 3.8) is 0 Å². The fourth-order valence-electron chi connectivity index (χ4n) is 4.82. The van der Waals surface area contributed by atoms with Gasteiger partial charge in [-0.2, -0.15) is 10.5 Å². The lowest BCUT2D eigenvalue weighted by Crippen LogP contribution is -2.15. The highest BCUT2D eigenvalue weighted by atomic mass is 32.2. The summed E-state index contributed by atoms with van der Waals surface area (Å²) >= 11 is 2.81. The molecule has 3 heterocycles. The molecule has 0 atom stereocenters. The maximum Gasteiger partial charge on any atom is 0.235 e. The van der Waals surface area contributed by atoms with Gasteiger partial charge in [-0.1, -0.05) is 17.8 Å². The van der Waals surface area contributed by atoms with Crippen LogP contribution in [0.4, 0.5) is 5.00 Å². The molecule has 2 aliphatic rings. The number of rotatable bonds is 5. The number of thioether (sulfide) groups is 1. The van der Waals surface area contributed by atoms with E-state index in [2.05, 4.69) is 22.4 Å². The van der Waals surface area contributed by atoms with Crippen molar-refractivity contribution < 1.29 is 4.79 Å². The van der Waals surface area contributed by atoms with Crippen LogP contribution in [0.3, 0.4) is 0 Å². The van der Waals surface area contributed by atoms with Gasteiger partial charge in [-0.15, -0.1) is 11.3 Å². The fourth-order valence-corrected chi connectivity index (χ4v) is 6.89. The number of aryl methyl sites for hydroxylation is 2. The zero-order chi connectivity index (χ0) is 23.5. The molecule has 2 aliphatic carbocycles. The molecule has 170 valence electrons. The van der Waals surface area contributed by atoms with Gasteiger partial charge in [0.15, 0.2) is 0 Å². The first-order valence-corrected chi connectivity index (χ1v) is 13.3. The average Bonchev–Trinajstić information content (AvgIpc) is 3.23. The smallest absolute Gasteiger partial charge is 0.235 e. The molecule has 5 rings (SSSR count). The summed E-state index contributed by atoms with van der Waals surface area (Å²) in [5.41, 5.74) is 6.19. The third-order valence-electron chi connectivity index (χ3n) is 6.38. The van der Waals surface area contributed by atoms with E-state index in [1.165, 1.54) is 28.0 Å². The van der Waals surface area contributed by atoms with Crippen LogP contribution in [0.15, 0.2) is 29.6 Å². The van der Waals surface area contributed by atoms with Crippen LogP contribution in [0.1, 0.15) is 58.5 Å². The molecule has 0 bridgehead atoms. The van der Waals surface area contributed by atoms with Crippen molar-refractivity contribution >= 4 is 34.0 Å². The van der Waals surface area contributed by atoms with Gasteiger partial charge in [0.05, 0.1) is 16.9 Å². The monoisotopic (exact) mass is 485 g/mol. The Balaban J connectivity index is 1.41. The zero-order valence-electron chi connectivity index (χ0n) is 18.7. The lowest BCUT2D eigenvalue weighted by Gasteiger charge is -2.21. The summed E-state index contributed by atoms with van der Waals surface area (Å²) in [6.45, 7) is 0. The number of anilines is 1. The SMILES string of the molecule is N#Cc1c(NC(=O)CSc2nc3c(c(-c4cccnc4)c2C#N)CCCC3)sc2c1CCCC2. The van der Waals surface area contributed by atoms with Crippen LogP contribution in [-0.2, 0) is 30.5 Å². The Morgan fingerprint density at radius 2 is 1.82 bits per heavy atom. The van der Waals surface area contributed by atoms with Gasteiger partial charge in [-0.25, -0.2) is 4.98 Å². The normalized spacial score (nSPS) is 14.4. The van der Waals surface area contributed by atoms with Crippen LogP contribution in [0, 0.1) is 22.7 Å². The van der Waals surface area contributed by atoms with Crippen LogP contribution in [0.2, 0.25) is 0 Å². The van der Waals surface area contributed by atoms with E-state index in [1.807, 2.05) is 12.1 Å².